The third kappa shape index (κ3) is 5.01. The molecule has 0 aliphatic rings. The standard InChI is InChI=1S/C16H24O2/c1-5-18-15(13-9-7-6-8-10-13)14(17)11-12-16(2,3)4/h6-10,15H,5,11-12H2,1-4H3. The van der Waals surface area contributed by atoms with E-state index in [4.69, 9.17) is 4.74 Å². The van der Waals surface area contributed by atoms with Gasteiger partial charge in [0.15, 0.2) is 5.78 Å². The minimum Gasteiger partial charge on any atom is -0.366 e. The molecule has 0 bridgehead atoms. The lowest BCUT2D eigenvalue weighted by molar-refractivity contribution is -0.131. The molecule has 0 amide bonds. The van der Waals surface area contributed by atoms with Gasteiger partial charge in [-0.25, -0.2) is 0 Å². The van der Waals surface area contributed by atoms with Gasteiger partial charge < -0.3 is 4.74 Å². The predicted molar refractivity (Wildman–Crippen MR) is 74.5 cm³/mol. The predicted octanol–water partition coefficient (Wildman–Crippen LogP) is 4.16. The van der Waals surface area contributed by atoms with Crippen molar-refractivity contribution in [1.82, 2.24) is 0 Å². The molecule has 0 aliphatic carbocycles. The summed E-state index contributed by atoms with van der Waals surface area (Å²) in [7, 11) is 0. The Bertz CT molecular complexity index is 362. The molecule has 0 spiro atoms. The molecule has 1 unspecified atom stereocenters. The van der Waals surface area contributed by atoms with Gasteiger partial charge in [-0.2, -0.15) is 0 Å². The maximum absolute atomic E-state index is 12.3. The molecule has 0 saturated carbocycles. The van der Waals surface area contributed by atoms with E-state index in [9.17, 15) is 4.79 Å². The van der Waals surface area contributed by atoms with Crippen molar-refractivity contribution in [3.8, 4) is 0 Å². The zero-order valence-corrected chi connectivity index (χ0v) is 11.9. The molecular formula is C16H24O2. The monoisotopic (exact) mass is 248 g/mol. The summed E-state index contributed by atoms with van der Waals surface area (Å²) in [6.07, 6.45) is 1.06. The van der Waals surface area contributed by atoms with Crippen LogP contribution >= 0.6 is 0 Å². The van der Waals surface area contributed by atoms with Crippen molar-refractivity contribution >= 4 is 5.78 Å². The molecular weight excluding hydrogens is 224 g/mol. The van der Waals surface area contributed by atoms with Crippen LogP contribution in [0.4, 0.5) is 0 Å². The van der Waals surface area contributed by atoms with Crippen molar-refractivity contribution in [1.29, 1.82) is 0 Å². The maximum atomic E-state index is 12.3. The minimum absolute atomic E-state index is 0.179. The van der Waals surface area contributed by atoms with E-state index in [0.717, 1.165) is 12.0 Å². The number of Topliss-reactive ketones (excluding diaryl/α,β-unsaturated/α-hetero) is 1. The molecule has 1 aromatic carbocycles. The number of carbonyl (C=O) groups is 1. The number of ether oxygens (including phenoxy) is 1. The molecule has 0 fully saturated rings. The molecule has 1 rings (SSSR count). The van der Waals surface area contributed by atoms with Crippen LogP contribution < -0.4 is 0 Å². The van der Waals surface area contributed by atoms with Gasteiger partial charge in [0.25, 0.3) is 0 Å². The van der Waals surface area contributed by atoms with Crippen LogP contribution in [0.25, 0.3) is 0 Å². The van der Waals surface area contributed by atoms with Gasteiger partial charge in [-0.3, -0.25) is 4.79 Å². The SMILES string of the molecule is CCOC(C(=O)CCC(C)(C)C)c1ccccc1. The number of benzene rings is 1. The quantitative estimate of drug-likeness (QED) is 0.755. The number of rotatable bonds is 6. The number of hydrogen-bond acceptors (Lipinski definition) is 2. The van der Waals surface area contributed by atoms with E-state index in [2.05, 4.69) is 20.8 Å². The summed E-state index contributed by atoms with van der Waals surface area (Å²) < 4.78 is 5.61. The fourth-order valence-electron chi connectivity index (χ4n) is 1.80. The third-order valence-corrected chi connectivity index (χ3v) is 2.85. The normalized spacial score (nSPS) is 13.3. The number of ketones is 1. The van der Waals surface area contributed by atoms with Gasteiger partial charge >= 0.3 is 0 Å². The van der Waals surface area contributed by atoms with E-state index in [1.165, 1.54) is 0 Å². The van der Waals surface area contributed by atoms with E-state index >= 15 is 0 Å². The van der Waals surface area contributed by atoms with Crippen LogP contribution in [0.3, 0.4) is 0 Å². The number of carbonyl (C=O) groups excluding carboxylic acids is 1. The Hall–Kier alpha value is -1.15. The molecule has 2 heteroatoms. The van der Waals surface area contributed by atoms with Crippen molar-refractivity contribution in [2.45, 2.75) is 46.6 Å². The minimum atomic E-state index is -0.404. The molecule has 0 saturated heterocycles. The van der Waals surface area contributed by atoms with Gasteiger partial charge in [-0.1, -0.05) is 51.1 Å². The van der Waals surface area contributed by atoms with Crippen LogP contribution in [0.5, 0.6) is 0 Å². The highest BCUT2D eigenvalue weighted by molar-refractivity contribution is 5.84. The van der Waals surface area contributed by atoms with Gasteiger partial charge in [0.1, 0.15) is 6.10 Å². The Morgan fingerprint density at radius 3 is 2.33 bits per heavy atom. The summed E-state index contributed by atoms with van der Waals surface area (Å²) in [4.78, 5) is 12.3. The lowest BCUT2D eigenvalue weighted by Gasteiger charge is -2.20. The Kier molecular flexibility index (Phi) is 5.54. The molecule has 1 atom stereocenters. The first-order chi connectivity index (χ1) is 8.44. The van der Waals surface area contributed by atoms with E-state index in [1.807, 2.05) is 37.3 Å². The highest BCUT2D eigenvalue weighted by atomic mass is 16.5. The van der Waals surface area contributed by atoms with E-state index in [-0.39, 0.29) is 11.2 Å². The summed E-state index contributed by atoms with van der Waals surface area (Å²) in [6, 6.07) is 9.74. The summed E-state index contributed by atoms with van der Waals surface area (Å²) in [5, 5.41) is 0. The molecule has 100 valence electrons. The molecule has 0 radical (unpaired) electrons. The van der Waals surface area contributed by atoms with Gasteiger partial charge in [-0.15, -0.1) is 0 Å². The number of hydrogen-bond donors (Lipinski definition) is 0. The van der Waals surface area contributed by atoms with Gasteiger partial charge in [0.2, 0.25) is 0 Å². The van der Waals surface area contributed by atoms with Crippen molar-refractivity contribution in [3.05, 3.63) is 35.9 Å². The van der Waals surface area contributed by atoms with E-state index in [0.29, 0.717) is 13.0 Å². The van der Waals surface area contributed by atoms with Crippen LogP contribution in [0.15, 0.2) is 30.3 Å². The second-order valence-corrected chi connectivity index (χ2v) is 5.77. The van der Waals surface area contributed by atoms with Crippen molar-refractivity contribution < 1.29 is 9.53 Å². The Labute approximate surface area is 110 Å². The maximum Gasteiger partial charge on any atom is 0.166 e. The molecule has 2 nitrogen and oxygen atoms in total. The highest BCUT2D eigenvalue weighted by Crippen LogP contribution is 2.25. The van der Waals surface area contributed by atoms with Crippen LogP contribution in [-0.2, 0) is 9.53 Å². The third-order valence-electron chi connectivity index (χ3n) is 2.85. The van der Waals surface area contributed by atoms with E-state index in [1.54, 1.807) is 0 Å². The van der Waals surface area contributed by atoms with Gasteiger partial charge in [0.05, 0.1) is 0 Å². The summed E-state index contributed by atoms with van der Waals surface area (Å²) in [5.41, 5.74) is 1.14. The van der Waals surface area contributed by atoms with Gasteiger partial charge in [-0.05, 0) is 24.3 Å². The lowest BCUT2D eigenvalue weighted by Crippen LogP contribution is -2.18. The molecule has 0 heterocycles. The fraction of sp³-hybridized carbons (Fsp3) is 0.562. The molecule has 0 aromatic heterocycles. The Balaban J connectivity index is 2.70. The van der Waals surface area contributed by atoms with Crippen molar-refractivity contribution in [2.24, 2.45) is 5.41 Å². The van der Waals surface area contributed by atoms with Crippen molar-refractivity contribution in [2.75, 3.05) is 6.61 Å². The first-order valence-corrected chi connectivity index (χ1v) is 6.63. The summed E-state index contributed by atoms with van der Waals surface area (Å²) in [5.74, 6) is 0.179. The second kappa shape index (κ2) is 6.69. The largest absolute Gasteiger partial charge is 0.366 e. The Morgan fingerprint density at radius 2 is 1.83 bits per heavy atom. The van der Waals surface area contributed by atoms with Crippen molar-refractivity contribution in [3.63, 3.8) is 0 Å². The average molecular weight is 248 g/mol. The van der Waals surface area contributed by atoms with Crippen LogP contribution in [0.1, 0.15) is 52.2 Å². The smallest absolute Gasteiger partial charge is 0.166 e. The van der Waals surface area contributed by atoms with Gasteiger partial charge in [0, 0.05) is 13.0 Å². The van der Waals surface area contributed by atoms with Crippen LogP contribution in [-0.4, -0.2) is 12.4 Å². The lowest BCUT2D eigenvalue weighted by atomic mass is 9.88. The zero-order valence-electron chi connectivity index (χ0n) is 11.9. The molecule has 0 aliphatic heterocycles. The molecule has 0 N–H and O–H groups in total. The first-order valence-electron chi connectivity index (χ1n) is 6.63. The first kappa shape index (κ1) is 14.9. The summed E-state index contributed by atoms with van der Waals surface area (Å²) in [6.45, 7) is 8.93. The topological polar surface area (TPSA) is 26.3 Å². The zero-order chi connectivity index (χ0) is 13.6. The summed E-state index contributed by atoms with van der Waals surface area (Å²) >= 11 is 0. The fourth-order valence-corrected chi connectivity index (χ4v) is 1.80. The molecule has 18 heavy (non-hydrogen) atoms. The van der Waals surface area contributed by atoms with Crippen LogP contribution in [0.2, 0.25) is 0 Å². The highest BCUT2D eigenvalue weighted by Gasteiger charge is 2.22. The Morgan fingerprint density at radius 1 is 1.22 bits per heavy atom. The van der Waals surface area contributed by atoms with Crippen LogP contribution in [0, 0.1) is 5.41 Å². The van der Waals surface area contributed by atoms with E-state index < -0.39 is 6.10 Å². The molecule has 1 aromatic rings. The average Bonchev–Trinajstić information content (AvgIpc) is 2.33. The second-order valence-electron chi connectivity index (χ2n) is 5.77.